The van der Waals surface area contributed by atoms with Gasteiger partial charge in [-0.25, -0.2) is 0 Å². The Bertz CT molecular complexity index is 729. The van der Waals surface area contributed by atoms with E-state index >= 15 is 0 Å². The summed E-state index contributed by atoms with van der Waals surface area (Å²) in [6.45, 7) is 9.43. The first-order chi connectivity index (χ1) is 14.2. The maximum atomic E-state index is 10.2. The van der Waals surface area contributed by atoms with E-state index in [1.807, 2.05) is 13.1 Å². The number of ether oxygens (including phenoxy) is 1. The summed E-state index contributed by atoms with van der Waals surface area (Å²) in [7, 11) is 1.93. The molecule has 0 aromatic heterocycles. The molecule has 1 N–H and O–H groups in total. The van der Waals surface area contributed by atoms with Crippen LogP contribution in [0.5, 0.6) is 0 Å². The van der Waals surface area contributed by atoms with E-state index in [4.69, 9.17) is 4.74 Å². The number of aliphatic imine (C=N–C) groups is 1. The van der Waals surface area contributed by atoms with Crippen LogP contribution < -0.4 is 10.2 Å². The highest BCUT2D eigenvalue weighted by molar-refractivity contribution is 5.64. The number of aldehydes is 1. The number of morpholine rings is 1. The highest BCUT2D eigenvalue weighted by Gasteiger charge is 2.13. The minimum Gasteiger partial charge on any atom is -0.388 e. The van der Waals surface area contributed by atoms with Gasteiger partial charge in [-0.3, -0.25) is 9.79 Å². The van der Waals surface area contributed by atoms with E-state index < -0.39 is 0 Å². The number of carbonyl (C=O) groups excluding carboxylic acids is 1. The summed E-state index contributed by atoms with van der Waals surface area (Å²) in [5, 5.41) is 3.11. The Hall–Kier alpha value is -2.66. The highest BCUT2D eigenvalue weighted by Crippen LogP contribution is 2.24. The molecule has 0 radical (unpaired) electrons. The van der Waals surface area contributed by atoms with Gasteiger partial charge in [-0.2, -0.15) is 0 Å². The third kappa shape index (κ3) is 7.35. The highest BCUT2D eigenvalue weighted by atomic mass is 16.5. The number of anilines is 2. The normalized spacial score (nSPS) is 17.5. The van der Waals surface area contributed by atoms with E-state index in [9.17, 15) is 4.79 Å². The zero-order valence-electron chi connectivity index (χ0n) is 17.6. The van der Waals surface area contributed by atoms with Crippen LogP contribution in [0.15, 0.2) is 64.7 Å². The van der Waals surface area contributed by atoms with Gasteiger partial charge in [-0.05, 0) is 68.8 Å². The van der Waals surface area contributed by atoms with Crippen LogP contribution in [0.4, 0.5) is 11.4 Å². The van der Waals surface area contributed by atoms with E-state index in [-0.39, 0.29) is 6.04 Å². The molecule has 1 unspecified atom stereocenters. The third-order valence-electron chi connectivity index (χ3n) is 5.16. The first-order valence-corrected chi connectivity index (χ1v) is 10.2. The predicted octanol–water partition coefficient (Wildman–Crippen LogP) is 4.43. The van der Waals surface area contributed by atoms with Crippen molar-refractivity contribution in [3.8, 4) is 0 Å². The SMILES string of the molecule is C=NC(C/C=C/C=O)C1=C(C)CCC=C1.CNc1ccc(N2CCOCC2)cc1. The molecule has 2 aliphatic rings. The molecule has 3 rings (SSSR count). The first-order valence-electron chi connectivity index (χ1n) is 10.2. The van der Waals surface area contributed by atoms with Crippen LogP contribution in [0.2, 0.25) is 0 Å². The zero-order valence-corrected chi connectivity index (χ0v) is 17.6. The zero-order chi connectivity index (χ0) is 20.9. The smallest absolute Gasteiger partial charge is 0.142 e. The topological polar surface area (TPSA) is 53.9 Å². The van der Waals surface area contributed by atoms with Crippen LogP contribution in [-0.4, -0.2) is 52.4 Å². The molecule has 5 nitrogen and oxygen atoms in total. The number of nitrogens with zero attached hydrogens (tertiary/aromatic N) is 2. The lowest BCUT2D eigenvalue weighted by molar-refractivity contribution is -0.104. The fourth-order valence-electron chi connectivity index (χ4n) is 3.42. The maximum Gasteiger partial charge on any atom is 0.142 e. The van der Waals surface area contributed by atoms with Gasteiger partial charge in [0.25, 0.3) is 0 Å². The summed E-state index contributed by atoms with van der Waals surface area (Å²) in [6.07, 6.45) is 11.4. The Kier molecular flexibility index (Phi) is 9.93. The molecular formula is C24H33N3O2. The summed E-state index contributed by atoms with van der Waals surface area (Å²) in [6, 6.07) is 8.60. The number of hydrogen-bond donors (Lipinski definition) is 1. The molecular weight excluding hydrogens is 362 g/mol. The number of carbonyl (C=O) groups is 1. The summed E-state index contributed by atoms with van der Waals surface area (Å²) in [5.41, 5.74) is 5.08. The number of nitrogens with one attached hydrogen (secondary N) is 1. The Balaban J connectivity index is 0.000000207. The molecule has 1 aromatic rings. The molecule has 1 fully saturated rings. The monoisotopic (exact) mass is 395 g/mol. The van der Waals surface area contributed by atoms with Crippen LogP contribution in [0.3, 0.4) is 0 Å². The second-order valence-electron chi connectivity index (χ2n) is 7.07. The average Bonchev–Trinajstić information content (AvgIpc) is 2.79. The van der Waals surface area contributed by atoms with Gasteiger partial charge in [-0.15, -0.1) is 0 Å². The number of rotatable bonds is 7. The van der Waals surface area contributed by atoms with Gasteiger partial charge >= 0.3 is 0 Å². The van der Waals surface area contributed by atoms with Crippen molar-refractivity contribution in [1.29, 1.82) is 0 Å². The third-order valence-corrected chi connectivity index (χ3v) is 5.16. The number of benzene rings is 1. The summed E-state index contributed by atoms with van der Waals surface area (Å²) < 4.78 is 5.31. The average molecular weight is 396 g/mol. The minimum atomic E-state index is 0.0951. The van der Waals surface area contributed by atoms with Gasteiger partial charge in [0, 0.05) is 31.5 Å². The number of allylic oxidation sites excluding steroid dienone is 3. The van der Waals surface area contributed by atoms with E-state index in [1.54, 1.807) is 0 Å². The molecule has 1 aliphatic carbocycles. The first kappa shape index (κ1) is 22.6. The van der Waals surface area contributed by atoms with Gasteiger partial charge < -0.3 is 15.0 Å². The van der Waals surface area contributed by atoms with Crippen molar-refractivity contribution in [2.75, 3.05) is 43.6 Å². The largest absolute Gasteiger partial charge is 0.388 e. The van der Waals surface area contributed by atoms with Crippen LogP contribution in [-0.2, 0) is 9.53 Å². The van der Waals surface area contributed by atoms with Gasteiger partial charge in [0.15, 0.2) is 0 Å². The molecule has 156 valence electrons. The van der Waals surface area contributed by atoms with Crippen molar-refractivity contribution >= 4 is 24.4 Å². The van der Waals surface area contributed by atoms with E-state index in [0.717, 1.165) is 57.5 Å². The second-order valence-corrected chi connectivity index (χ2v) is 7.07. The summed E-state index contributed by atoms with van der Waals surface area (Å²) in [4.78, 5) is 16.6. The van der Waals surface area contributed by atoms with Crippen molar-refractivity contribution < 1.29 is 9.53 Å². The molecule has 0 saturated carbocycles. The predicted molar refractivity (Wildman–Crippen MR) is 123 cm³/mol. The van der Waals surface area contributed by atoms with Gasteiger partial charge in [0.2, 0.25) is 0 Å². The molecule has 1 aliphatic heterocycles. The van der Waals surface area contributed by atoms with Crippen LogP contribution in [0.25, 0.3) is 0 Å². The van der Waals surface area contributed by atoms with Crippen molar-refractivity contribution in [2.45, 2.75) is 32.2 Å². The molecule has 29 heavy (non-hydrogen) atoms. The lowest BCUT2D eigenvalue weighted by Crippen LogP contribution is -2.36. The van der Waals surface area contributed by atoms with Crippen LogP contribution >= 0.6 is 0 Å². The van der Waals surface area contributed by atoms with Crippen LogP contribution in [0.1, 0.15) is 26.2 Å². The van der Waals surface area contributed by atoms with E-state index in [0.29, 0.717) is 0 Å². The van der Waals surface area contributed by atoms with Gasteiger partial charge in [0.1, 0.15) is 6.29 Å². The molecule has 5 heteroatoms. The number of hydrogen-bond acceptors (Lipinski definition) is 5. The lowest BCUT2D eigenvalue weighted by atomic mass is 9.92. The summed E-state index contributed by atoms with van der Waals surface area (Å²) in [5.74, 6) is 0. The molecule has 0 amide bonds. The van der Waals surface area contributed by atoms with Crippen molar-refractivity contribution in [2.24, 2.45) is 4.99 Å². The Morgan fingerprint density at radius 3 is 2.59 bits per heavy atom. The molecule has 0 spiro atoms. The van der Waals surface area contributed by atoms with Gasteiger partial charge in [-0.1, -0.05) is 23.8 Å². The lowest BCUT2D eigenvalue weighted by Gasteiger charge is -2.28. The Morgan fingerprint density at radius 1 is 1.28 bits per heavy atom. The summed E-state index contributed by atoms with van der Waals surface area (Å²) >= 11 is 0. The fraction of sp³-hybridized carbons (Fsp3) is 0.417. The van der Waals surface area contributed by atoms with Crippen molar-refractivity contribution in [3.63, 3.8) is 0 Å². The fourth-order valence-corrected chi connectivity index (χ4v) is 3.42. The van der Waals surface area contributed by atoms with Crippen molar-refractivity contribution in [3.05, 3.63) is 59.7 Å². The van der Waals surface area contributed by atoms with E-state index in [1.165, 1.54) is 22.9 Å². The second kappa shape index (κ2) is 12.7. The van der Waals surface area contributed by atoms with Crippen molar-refractivity contribution in [1.82, 2.24) is 0 Å². The minimum absolute atomic E-state index is 0.0951. The standard InChI is InChI=1S/C13H17NO.C11H16N2O/c1-11-7-3-4-8-12(11)13(14-2)9-5-6-10-15;1-12-10-2-4-11(5-3-10)13-6-8-14-9-7-13/h4-6,8,10,13H,2-3,7,9H2,1H3;2-5,12H,6-9H2,1H3/b6-5+;. The van der Waals surface area contributed by atoms with E-state index in [2.05, 4.69) is 65.3 Å². The molecule has 1 aromatic carbocycles. The molecule has 1 atom stereocenters. The Labute approximate surface area is 174 Å². The molecule has 1 saturated heterocycles. The van der Waals surface area contributed by atoms with Gasteiger partial charge in [0.05, 0.1) is 19.3 Å². The Morgan fingerprint density at radius 2 is 2.00 bits per heavy atom. The molecule has 1 heterocycles. The quantitative estimate of drug-likeness (QED) is 0.421. The maximum absolute atomic E-state index is 10.2. The van der Waals surface area contributed by atoms with Crippen LogP contribution in [0, 0.1) is 0 Å². The molecule has 0 bridgehead atoms.